The van der Waals surface area contributed by atoms with Crippen LogP contribution in [0.2, 0.25) is 5.02 Å². The summed E-state index contributed by atoms with van der Waals surface area (Å²) in [6, 6.07) is 13.8. The molecule has 0 unspecified atom stereocenters. The highest BCUT2D eigenvalue weighted by molar-refractivity contribution is 6.30. The number of halogens is 1. The molecule has 0 N–H and O–H groups in total. The summed E-state index contributed by atoms with van der Waals surface area (Å²) >= 11 is 5.87. The quantitative estimate of drug-likeness (QED) is 0.662. The summed E-state index contributed by atoms with van der Waals surface area (Å²) in [4.78, 5) is 45.4. The van der Waals surface area contributed by atoms with E-state index < -0.39 is 0 Å². The van der Waals surface area contributed by atoms with E-state index in [0.717, 1.165) is 0 Å². The molecule has 0 atom stereocenters. The van der Waals surface area contributed by atoms with Crippen molar-refractivity contribution >= 4 is 34.3 Å². The van der Waals surface area contributed by atoms with Crippen LogP contribution in [0.5, 0.6) is 0 Å². The lowest BCUT2D eigenvalue weighted by Crippen LogP contribution is -2.51. The number of piperazine rings is 1. The largest absolute Gasteiger partial charge is 0.338 e. The molecule has 1 aliphatic heterocycles. The second kappa shape index (κ2) is 8.05. The van der Waals surface area contributed by atoms with Gasteiger partial charge in [-0.15, -0.1) is 0 Å². The zero-order valence-corrected chi connectivity index (χ0v) is 16.4. The molecular weight excluding hydrogens is 392 g/mol. The summed E-state index contributed by atoms with van der Waals surface area (Å²) in [7, 11) is 0. The summed E-state index contributed by atoms with van der Waals surface area (Å²) in [5.41, 5.74) is 0.944. The number of aromatic nitrogens is 2. The highest BCUT2D eigenvalue weighted by atomic mass is 35.5. The van der Waals surface area contributed by atoms with Gasteiger partial charge in [-0.05, 0) is 36.4 Å². The van der Waals surface area contributed by atoms with Crippen molar-refractivity contribution in [3.63, 3.8) is 0 Å². The molecule has 0 saturated carbocycles. The highest BCUT2D eigenvalue weighted by Gasteiger charge is 2.25. The van der Waals surface area contributed by atoms with E-state index >= 15 is 0 Å². The molecule has 1 aromatic heterocycles. The van der Waals surface area contributed by atoms with Crippen LogP contribution in [0.3, 0.4) is 0 Å². The molecule has 0 spiro atoms. The Hall–Kier alpha value is -3.19. The number of carbonyl (C=O) groups is 2. The molecular formula is C21H19ClN4O3. The lowest BCUT2D eigenvalue weighted by atomic mass is 10.2. The summed E-state index contributed by atoms with van der Waals surface area (Å²) in [6.45, 7) is 1.67. The molecule has 8 heteroatoms. The normalized spacial score (nSPS) is 14.2. The first-order valence-corrected chi connectivity index (χ1v) is 9.67. The summed E-state index contributed by atoms with van der Waals surface area (Å²) in [5.74, 6) is -0.244. The number of fused-ring (bicyclic) bond motifs is 1. The highest BCUT2D eigenvalue weighted by Crippen LogP contribution is 2.13. The molecule has 2 amide bonds. The Morgan fingerprint density at radius 3 is 2.31 bits per heavy atom. The van der Waals surface area contributed by atoms with Crippen LogP contribution in [0, 0.1) is 0 Å². The average Bonchev–Trinajstić information content (AvgIpc) is 2.76. The number of hydrogen-bond donors (Lipinski definition) is 0. The minimum absolute atomic E-state index is 0.0677. The Morgan fingerprint density at radius 1 is 0.931 bits per heavy atom. The Kier molecular flexibility index (Phi) is 5.31. The van der Waals surface area contributed by atoms with E-state index in [1.807, 2.05) is 6.07 Å². The molecule has 0 aliphatic carbocycles. The minimum atomic E-state index is -0.236. The van der Waals surface area contributed by atoms with Gasteiger partial charge in [-0.3, -0.25) is 19.0 Å². The summed E-state index contributed by atoms with van der Waals surface area (Å²) < 4.78 is 1.33. The fourth-order valence-electron chi connectivity index (χ4n) is 3.40. The second-order valence-electron chi connectivity index (χ2n) is 6.87. The molecule has 2 aromatic carbocycles. The SMILES string of the molecule is O=C(Cn1cnc2ccccc2c1=O)N1CCN(C(=O)c2ccc(Cl)cc2)CC1. The van der Waals surface area contributed by atoms with Crippen LogP contribution in [0.15, 0.2) is 59.7 Å². The maximum absolute atomic E-state index is 12.7. The molecule has 7 nitrogen and oxygen atoms in total. The molecule has 1 fully saturated rings. The second-order valence-corrected chi connectivity index (χ2v) is 7.31. The fourth-order valence-corrected chi connectivity index (χ4v) is 3.52. The van der Waals surface area contributed by atoms with Crippen molar-refractivity contribution < 1.29 is 9.59 Å². The number of amides is 2. The van der Waals surface area contributed by atoms with E-state index in [0.29, 0.717) is 47.7 Å². The smallest absolute Gasteiger partial charge is 0.261 e. The first-order chi connectivity index (χ1) is 14.0. The van der Waals surface area contributed by atoms with Gasteiger partial charge >= 0.3 is 0 Å². The third kappa shape index (κ3) is 4.00. The molecule has 0 bridgehead atoms. The van der Waals surface area contributed by atoms with E-state index in [1.54, 1.807) is 52.3 Å². The zero-order valence-electron chi connectivity index (χ0n) is 15.6. The van der Waals surface area contributed by atoms with Gasteiger partial charge in [0.2, 0.25) is 5.91 Å². The van der Waals surface area contributed by atoms with Gasteiger partial charge in [-0.2, -0.15) is 0 Å². The van der Waals surface area contributed by atoms with E-state index in [9.17, 15) is 14.4 Å². The van der Waals surface area contributed by atoms with Gasteiger partial charge in [-0.1, -0.05) is 23.7 Å². The summed E-state index contributed by atoms with van der Waals surface area (Å²) in [6.07, 6.45) is 1.41. The van der Waals surface area contributed by atoms with Crippen LogP contribution < -0.4 is 5.56 Å². The Morgan fingerprint density at radius 2 is 1.59 bits per heavy atom. The number of carbonyl (C=O) groups excluding carboxylic acids is 2. The van der Waals surface area contributed by atoms with Gasteiger partial charge in [0.1, 0.15) is 6.54 Å². The molecule has 1 aliphatic rings. The molecule has 4 rings (SSSR count). The third-order valence-corrected chi connectivity index (χ3v) is 5.30. The van der Waals surface area contributed by atoms with Crippen LogP contribution in [0.1, 0.15) is 10.4 Å². The Balaban J connectivity index is 1.39. The zero-order chi connectivity index (χ0) is 20.4. The number of hydrogen-bond acceptors (Lipinski definition) is 4. The van der Waals surface area contributed by atoms with Gasteiger partial charge in [0.15, 0.2) is 0 Å². The monoisotopic (exact) mass is 410 g/mol. The van der Waals surface area contributed by atoms with E-state index in [1.165, 1.54) is 10.9 Å². The first-order valence-electron chi connectivity index (χ1n) is 9.30. The van der Waals surface area contributed by atoms with Crippen LogP contribution in [0.4, 0.5) is 0 Å². The average molecular weight is 411 g/mol. The van der Waals surface area contributed by atoms with Gasteiger partial charge < -0.3 is 9.80 Å². The van der Waals surface area contributed by atoms with Gasteiger partial charge in [0, 0.05) is 36.8 Å². The predicted octanol–water partition coefficient (Wildman–Crippen LogP) is 2.03. The molecule has 29 heavy (non-hydrogen) atoms. The molecule has 3 aromatic rings. The third-order valence-electron chi connectivity index (χ3n) is 5.05. The van der Waals surface area contributed by atoms with E-state index in [2.05, 4.69) is 4.98 Å². The van der Waals surface area contributed by atoms with Crippen LogP contribution in [-0.4, -0.2) is 57.3 Å². The Labute approximate surface area is 172 Å². The van der Waals surface area contributed by atoms with Crippen LogP contribution in [0.25, 0.3) is 10.9 Å². The minimum Gasteiger partial charge on any atom is -0.338 e. The molecule has 0 radical (unpaired) electrons. The number of nitrogens with zero attached hydrogens (tertiary/aromatic N) is 4. The van der Waals surface area contributed by atoms with Crippen molar-refractivity contribution in [2.75, 3.05) is 26.2 Å². The van der Waals surface area contributed by atoms with E-state index in [4.69, 9.17) is 11.6 Å². The standard InChI is InChI=1S/C21H19ClN4O3/c22-16-7-5-15(6-8-16)20(28)25-11-9-24(10-12-25)19(27)13-26-14-23-18-4-2-1-3-17(18)21(26)29/h1-8,14H,9-13H2. The fraction of sp³-hybridized carbons (Fsp3) is 0.238. The lowest BCUT2D eigenvalue weighted by Gasteiger charge is -2.35. The number of para-hydroxylation sites is 1. The molecule has 2 heterocycles. The summed E-state index contributed by atoms with van der Waals surface area (Å²) in [5, 5.41) is 1.07. The van der Waals surface area contributed by atoms with Gasteiger partial charge in [-0.25, -0.2) is 4.98 Å². The van der Waals surface area contributed by atoms with Crippen LogP contribution >= 0.6 is 11.6 Å². The van der Waals surface area contributed by atoms with Crippen molar-refractivity contribution in [2.45, 2.75) is 6.54 Å². The van der Waals surface area contributed by atoms with Crippen molar-refractivity contribution in [1.82, 2.24) is 19.4 Å². The van der Waals surface area contributed by atoms with Crippen molar-refractivity contribution in [1.29, 1.82) is 0 Å². The maximum Gasteiger partial charge on any atom is 0.261 e. The molecule has 148 valence electrons. The number of benzene rings is 2. The van der Waals surface area contributed by atoms with Crippen molar-refractivity contribution in [2.24, 2.45) is 0 Å². The Bertz CT molecular complexity index is 1120. The van der Waals surface area contributed by atoms with Crippen molar-refractivity contribution in [3.8, 4) is 0 Å². The topological polar surface area (TPSA) is 75.5 Å². The lowest BCUT2D eigenvalue weighted by molar-refractivity contribution is -0.133. The molecule has 1 saturated heterocycles. The van der Waals surface area contributed by atoms with E-state index in [-0.39, 0.29) is 23.9 Å². The predicted molar refractivity (Wildman–Crippen MR) is 110 cm³/mol. The van der Waals surface area contributed by atoms with Gasteiger partial charge in [0.05, 0.1) is 17.2 Å². The maximum atomic E-state index is 12.7. The van der Waals surface area contributed by atoms with Crippen molar-refractivity contribution in [3.05, 3.63) is 75.8 Å². The number of rotatable bonds is 3. The van der Waals surface area contributed by atoms with Gasteiger partial charge in [0.25, 0.3) is 11.5 Å². The first kappa shape index (κ1) is 19.1. The van der Waals surface area contributed by atoms with Crippen LogP contribution in [-0.2, 0) is 11.3 Å².